The van der Waals surface area contributed by atoms with E-state index in [1.165, 1.54) is 0 Å². The van der Waals surface area contributed by atoms with E-state index in [4.69, 9.17) is 26.5 Å². The van der Waals surface area contributed by atoms with Crippen LogP contribution in [-0.2, 0) is 11.4 Å². The molecule has 0 aliphatic rings. The van der Waals surface area contributed by atoms with Crippen LogP contribution < -0.4 is 15.4 Å². The number of aliphatic hydroxyl groups is 1. The van der Waals surface area contributed by atoms with E-state index in [2.05, 4.69) is 10.6 Å². The maximum atomic E-state index is 12.0. The molecule has 1 heterocycles. The van der Waals surface area contributed by atoms with Crippen molar-refractivity contribution in [3.8, 4) is 17.1 Å². The van der Waals surface area contributed by atoms with E-state index >= 15 is 0 Å². The topological polar surface area (TPSA) is 83.7 Å². The van der Waals surface area contributed by atoms with Gasteiger partial charge in [-0.15, -0.1) is 0 Å². The molecule has 144 valence electrons. The molecule has 6 nitrogen and oxygen atoms in total. The Morgan fingerprint density at radius 3 is 2.64 bits per heavy atom. The summed E-state index contributed by atoms with van der Waals surface area (Å²) >= 11 is 5.19. The molecule has 2 aromatic carbocycles. The first-order valence-corrected chi connectivity index (χ1v) is 9.04. The summed E-state index contributed by atoms with van der Waals surface area (Å²) < 4.78 is 11.0. The predicted molar refractivity (Wildman–Crippen MR) is 111 cm³/mol. The Morgan fingerprint density at radius 2 is 1.93 bits per heavy atom. The average molecular weight is 396 g/mol. The highest BCUT2D eigenvalue weighted by Gasteiger charge is 2.08. The van der Waals surface area contributed by atoms with E-state index in [0.29, 0.717) is 23.0 Å². The molecule has 0 aliphatic carbocycles. The van der Waals surface area contributed by atoms with Gasteiger partial charge in [0, 0.05) is 11.3 Å². The molecule has 3 rings (SSSR count). The zero-order valence-electron chi connectivity index (χ0n) is 15.3. The molecule has 0 aliphatic heterocycles. The van der Waals surface area contributed by atoms with Crippen molar-refractivity contribution in [2.24, 2.45) is 0 Å². The first-order valence-electron chi connectivity index (χ1n) is 8.64. The molecule has 0 atom stereocenters. The molecule has 7 heteroatoms. The largest absolute Gasteiger partial charge is 0.484 e. The monoisotopic (exact) mass is 396 g/mol. The minimum atomic E-state index is -0.354. The van der Waals surface area contributed by atoms with Gasteiger partial charge in [0.05, 0.1) is 0 Å². The Hall–Kier alpha value is -3.16. The molecule has 0 unspecified atom stereocenters. The number of aliphatic hydroxyl groups excluding tert-OH is 1. The fraction of sp³-hybridized carbons (Fsp3) is 0.143. The van der Waals surface area contributed by atoms with Crippen LogP contribution in [0.5, 0.6) is 5.75 Å². The molecule has 1 amide bonds. The molecule has 3 N–H and O–H groups in total. The van der Waals surface area contributed by atoms with Crippen molar-refractivity contribution in [3.63, 3.8) is 0 Å². The molecule has 0 fully saturated rings. The standard InChI is InChI=1S/C21H20N2O4S/c1-14-5-7-17(8-6-14)26-13-20(25)23-21(28)22-16-4-2-3-15(11-16)19-10-9-18(12-24)27-19/h2-11,24H,12-13H2,1H3,(H2,22,23,25,28). The summed E-state index contributed by atoms with van der Waals surface area (Å²) in [5, 5.41) is 14.8. The third-order valence-electron chi connectivity index (χ3n) is 3.87. The summed E-state index contributed by atoms with van der Waals surface area (Å²) in [7, 11) is 0. The van der Waals surface area contributed by atoms with Gasteiger partial charge in [0.1, 0.15) is 23.9 Å². The number of ether oxygens (including phenoxy) is 1. The van der Waals surface area contributed by atoms with Gasteiger partial charge in [0.15, 0.2) is 11.7 Å². The van der Waals surface area contributed by atoms with Crippen molar-refractivity contribution in [2.75, 3.05) is 11.9 Å². The number of nitrogens with one attached hydrogen (secondary N) is 2. The van der Waals surface area contributed by atoms with Crippen molar-refractivity contribution >= 4 is 28.9 Å². The molecule has 0 spiro atoms. The highest BCUT2D eigenvalue weighted by molar-refractivity contribution is 7.80. The van der Waals surface area contributed by atoms with Crippen LogP contribution in [0.4, 0.5) is 5.69 Å². The summed E-state index contributed by atoms with van der Waals surface area (Å²) in [6, 6.07) is 18.3. The lowest BCUT2D eigenvalue weighted by atomic mass is 10.1. The summed E-state index contributed by atoms with van der Waals surface area (Å²) in [5.74, 6) is 1.39. The predicted octanol–water partition coefficient (Wildman–Crippen LogP) is 3.64. The number of hydrogen-bond donors (Lipinski definition) is 3. The number of rotatable bonds is 6. The molecule has 3 aromatic rings. The molecular formula is C21H20N2O4S. The number of carbonyl (C=O) groups is 1. The lowest BCUT2D eigenvalue weighted by molar-refractivity contribution is -0.121. The molecule has 0 saturated carbocycles. The molecule has 0 bridgehead atoms. The van der Waals surface area contributed by atoms with Gasteiger partial charge < -0.3 is 19.6 Å². The number of carbonyl (C=O) groups excluding carboxylic acids is 1. The molecular weight excluding hydrogens is 376 g/mol. The van der Waals surface area contributed by atoms with E-state index in [9.17, 15) is 4.79 Å². The van der Waals surface area contributed by atoms with Gasteiger partial charge in [0.25, 0.3) is 5.91 Å². The fourth-order valence-corrected chi connectivity index (χ4v) is 2.71. The molecule has 28 heavy (non-hydrogen) atoms. The summed E-state index contributed by atoms with van der Waals surface area (Å²) in [5.41, 5.74) is 2.64. The zero-order chi connectivity index (χ0) is 19.9. The van der Waals surface area contributed by atoms with Crippen LogP contribution in [0.25, 0.3) is 11.3 Å². The van der Waals surface area contributed by atoms with Crippen LogP contribution in [0.15, 0.2) is 65.1 Å². The van der Waals surface area contributed by atoms with Gasteiger partial charge in [-0.3, -0.25) is 10.1 Å². The van der Waals surface area contributed by atoms with Crippen LogP contribution in [0.2, 0.25) is 0 Å². The number of aryl methyl sites for hydroxylation is 1. The van der Waals surface area contributed by atoms with Gasteiger partial charge >= 0.3 is 0 Å². The highest BCUT2D eigenvalue weighted by atomic mass is 32.1. The van der Waals surface area contributed by atoms with Gasteiger partial charge in [-0.25, -0.2) is 0 Å². The SMILES string of the molecule is Cc1ccc(OCC(=O)NC(=S)Nc2cccc(-c3ccc(CO)o3)c2)cc1. The minimum Gasteiger partial charge on any atom is -0.484 e. The Morgan fingerprint density at radius 1 is 1.14 bits per heavy atom. The second-order valence-corrected chi connectivity index (χ2v) is 6.52. The number of thiocarbonyl (C=S) groups is 1. The van der Waals surface area contributed by atoms with Gasteiger partial charge in [-0.1, -0.05) is 29.8 Å². The van der Waals surface area contributed by atoms with Crippen molar-refractivity contribution < 1.29 is 19.1 Å². The van der Waals surface area contributed by atoms with Crippen LogP contribution in [0.3, 0.4) is 0 Å². The third kappa shape index (κ3) is 5.42. The number of anilines is 1. The van der Waals surface area contributed by atoms with Crippen molar-refractivity contribution in [2.45, 2.75) is 13.5 Å². The van der Waals surface area contributed by atoms with E-state index in [-0.39, 0.29) is 24.2 Å². The van der Waals surface area contributed by atoms with Crippen LogP contribution in [0.1, 0.15) is 11.3 Å². The Balaban J connectivity index is 1.53. The zero-order valence-corrected chi connectivity index (χ0v) is 16.1. The van der Waals surface area contributed by atoms with Crippen LogP contribution in [0, 0.1) is 6.92 Å². The Labute approximate surface area is 168 Å². The smallest absolute Gasteiger partial charge is 0.264 e. The number of amides is 1. The molecule has 0 saturated heterocycles. The first-order chi connectivity index (χ1) is 13.5. The van der Waals surface area contributed by atoms with Crippen LogP contribution in [-0.4, -0.2) is 22.7 Å². The Bertz CT molecular complexity index is 967. The molecule has 0 radical (unpaired) electrons. The quantitative estimate of drug-likeness (QED) is 0.552. The maximum Gasteiger partial charge on any atom is 0.264 e. The number of furan rings is 1. The normalized spacial score (nSPS) is 10.4. The van der Waals surface area contributed by atoms with Crippen molar-refractivity contribution in [1.29, 1.82) is 0 Å². The lowest BCUT2D eigenvalue weighted by Gasteiger charge is -2.11. The average Bonchev–Trinajstić information content (AvgIpc) is 3.17. The number of benzene rings is 2. The summed E-state index contributed by atoms with van der Waals surface area (Å²) in [6.07, 6.45) is 0. The van der Waals surface area contributed by atoms with Crippen LogP contribution >= 0.6 is 12.2 Å². The third-order valence-corrected chi connectivity index (χ3v) is 4.07. The Kier molecular flexibility index (Phi) is 6.41. The van der Waals surface area contributed by atoms with Crippen molar-refractivity contribution in [1.82, 2.24) is 5.32 Å². The van der Waals surface area contributed by atoms with E-state index < -0.39 is 0 Å². The second kappa shape index (κ2) is 9.16. The van der Waals surface area contributed by atoms with Gasteiger partial charge in [-0.2, -0.15) is 0 Å². The molecule has 1 aromatic heterocycles. The van der Waals surface area contributed by atoms with E-state index in [1.807, 2.05) is 55.5 Å². The van der Waals surface area contributed by atoms with Crippen molar-refractivity contribution in [3.05, 3.63) is 72.0 Å². The summed E-state index contributed by atoms with van der Waals surface area (Å²) in [6.45, 7) is 1.69. The van der Waals surface area contributed by atoms with Gasteiger partial charge in [0.2, 0.25) is 0 Å². The lowest BCUT2D eigenvalue weighted by Crippen LogP contribution is -2.37. The fourth-order valence-electron chi connectivity index (χ4n) is 2.48. The summed E-state index contributed by atoms with van der Waals surface area (Å²) in [4.78, 5) is 12.0. The number of hydrogen-bond acceptors (Lipinski definition) is 5. The maximum absolute atomic E-state index is 12.0. The van der Waals surface area contributed by atoms with E-state index in [1.54, 1.807) is 12.1 Å². The minimum absolute atomic E-state index is 0.138. The second-order valence-electron chi connectivity index (χ2n) is 6.11. The highest BCUT2D eigenvalue weighted by Crippen LogP contribution is 2.24. The van der Waals surface area contributed by atoms with Gasteiger partial charge in [-0.05, 0) is 55.5 Å². The first kappa shape index (κ1) is 19.6. The van der Waals surface area contributed by atoms with E-state index in [0.717, 1.165) is 11.1 Å².